The molecule has 0 radical (unpaired) electrons. The predicted molar refractivity (Wildman–Crippen MR) is 150 cm³/mol. The number of fused-ring (bicyclic) bond motifs is 1. The van der Waals surface area contributed by atoms with E-state index < -0.39 is 60.2 Å². The number of carboxylic acids is 1. The van der Waals surface area contributed by atoms with Crippen LogP contribution in [0.4, 0.5) is 0 Å². The number of hydrogen-bond donors (Lipinski definition) is 8. The summed E-state index contributed by atoms with van der Waals surface area (Å²) < 4.78 is 0. The molecule has 40 heavy (non-hydrogen) atoms. The van der Waals surface area contributed by atoms with Gasteiger partial charge in [0.05, 0.1) is 12.5 Å². The van der Waals surface area contributed by atoms with Crippen molar-refractivity contribution in [2.24, 2.45) is 23.1 Å². The number of carboxylic acid groups (broad SMARTS) is 1. The Morgan fingerprint density at radius 1 is 0.950 bits per heavy atom. The molecule has 1 heterocycles. The minimum atomic E-state index is -1.56. The van der Waals surface area contributed by atoms with Gasteiger partial charge < -0.3 is 43.2 Å². The SMILES string of the molecule is CCC(C)C(N)C(=O)NC(Cc1c[nH]c2ccccc12)C(=O)NC(CCCCN)C(=O)NC(CC(N)=O)C(=O)O. The summed E-state index contributed by atoms with van der Waals surface area (Å²) in [6, 6.07) is 2.84. The van der Waals surface area contributed by atoms with Crippen LogP contribution in [0.2, 0.25) is 0 Å². The number of aliphatic carboxylic acids is 1. The molecule has 13 nitrogen and oxygen atoms in total. The Balaban J connectivity index is 2.32. The molecule has 0 aliphatic rings. The van der Waals surface area contributed by atoms with Gasteiger partial charge in [0.15, 0.2) is 0 Å². The smallest absolute Gasteiger partial charge is 0.326 e. The Morgan fingerprint density at radius 2 is 1.57 bits per heavy atom. The fourth-order valence-electron chi connectivity index (χ4n) is 4.22. The number of benzene rings is 1. The van der Waals surface area contributed by atoms with Gasteiger partial charge in [-0.2, -0.15) is 0 Å². The summed E-state index contributed by atoms with van der Waals surface area (Å²) in [5.74, 6) is -4.44. The molecule has 1 aromatic heterocycles. The number of carbonyl (C=O) groups excluding carboxylic acids is 4. The van der Waals surface area contributed by atoms with Crippen LogP contribution in [-0.4, -0.2) is 70.4 Å². The first kappa shape index (κ1) is 32.2. The summed E-state index contributed by atoms with van der Waals surface area (Å²) in [5, 5.41) is 17.9. The van der Waals surface area contributed by atoms with E-state index in [1.807, 2.05) is 38.1 Å². The van der Waals surface area contributed by atoms with Crippen molar-refractivity contribution >= 4 is 40.5 Å². The topological polar surface area (TPSA) is 236 Å². The number of hydrogen-bond acceptors (Lipinski definition) is 7. The van der Waals surface area contributed by atoms with Gasteiger partial charge >= 0.3 is 5.97 Å². The molecule has 0 bridgehead atoms. The number of amides is 4. The fraction of sp³-hybridized carbons (Fsp3) is 0.519. The summed E-state index contributed by atoms with van der Waals surface area (Å²) in [6.45, 7) is 4.09. The Kier molecular flexibility index (Phi) is 12.6. The number of carbonyl (C=O) groups is 5. The summed E-state index contributed by atoms with van der Waals surface area (Å²) in [5.41, 5.74) is 18.4. The largest absolute Gasteiger partial charge is 0.480 e. The molecular formula is C27H41N7O6. The highest BCUT2D eigenvalue weighted by molar-refractivity contribution is 5.95. The molecule has 2 aromatic rings. The molecule has 5 unspecified atom stereocenters. The number of aromatic nitrogens is 1. The van der Waals surface area contributed by atoms with E-state index in [4.69, 9.17) is 17.2 Å². The molecule has 13 heteroatoms. The first-order chi connectivity index (χ1) is 19.0. The van der Waals surface area contributed by atoms with E-state index in [9.17, 15) is 29.1 Å². The number of rotatable bonds is 17. The van der Waals surface area contributed by atoms with Crippen molar-refractivity contribution in [2.45, 2.75) is 76.5 Å². The van der Waals surface area contributed by atoms with Gasteiger partial charge in [0.1, 0.15) is 18.1 Å². The zero-order chi connectivity index (χ0) is 29.8. The molecule has 0 aliphatic carbocycles. The average Bonchev–Trinajstić information content (AvgIpc) is 3.33. The van der Waals surface area contributed by atoms with Crippen molar-refractivity contribution in [3.05, 3.63) is 36.0 Å². The molecule has 0 fully saturated rings. The van der Waals surface area contributed by atoms with Gasteiger partial charge in [-0.25, -0.2) is 4.79 Å². The van der Waals surface area contributed by atoms with Gasteiger partial charge in [-0.05, 0) is 43.4 Å². The van der Waals surface area contributed by atoms with Crippen molar-refractivity contribution in [2.75, 3.05) is 6.54 Å². The zero-order valence-electron chi connectivity index (χ0n) is 22.9. The van der Waals surface area contributed by atoms with Gasteiger partial charge in [0.25, 0.3) is 0 Å². The molecule has 220 valence electrons. The van der Waals surface area contributed by atoms with E-state index in [1.165, 1.54) is 0 Å². The van der Waals surface area contributed by atoms with Gasteiger partial charge in [-0.1, -0.05) is 38.5 Å². The van der Waals surface area contributed by atoms with Crippen molar-refractivity contribution in [1.82, 2.24) is 20.9 Å². The Hall–Kier alpha value is -3.97. The number of H-pyrrole nitrogens is 1. The van der Waals surface area contributed by atoms with Crippen LogP contribution in [-0.2, 0) is 30.4 Å². The maximum atomic E-state index is 13.6. The third kappa shape index (κ3) is 9.35. The molecule has 0 saturated heterocycles. The Bertz CT molecular complexity index is 1180. The molecular weight excluding hydrogens is 518 g/mol. The van der Waals surface area contributed by atoms with Crippen molar-refractivity contribution < 1.29 is 29.1 Å². The molecule has 2 rings (SSSR count). The average molecular weight is 560 g/mol. The quantitative estimate of drug-likeness (QED) is 0.119. The van der Waals surface area contributed by atoms with Gasteiger partial charge in [0, 0.05) is 23.5 Å². The molecule has 0 aliphatic heterocycles. The molecule has 4 amide bonds. The number of unbranched alkanes of at least 4 members (excludes halogenated alkanes) is 1. The van der Waals surface area contributed by atoms with E-state index in [2.05, 4.69) is 20.9 Å². The lowest BCUT2D eigenvalue weighted by molar-refractivity contribution is -0.143. The minimum absolute atomic E-state index is 0.103. The van der Waals surface area contributed by atoms with Crippen molar-refractivity contribution in [3.8, 4) is 0 Å². The number of aromatic amines is 1. The highest BCUT2D eigenvalue weighted by Gasteiger charge is 2.32. The molecule has 0 spiro atoms. The van der Waals surface area contributed by atoms with Crippen molar-refractivity contribution in [3.63, 3.8) is 0 Å². The maximum Gasteiger partial charge on any atom is 0.326 e. The molecule has 11 N–H and O–H groups in total. The highest BCUT2D eigenvalue weighted by atomic mass is 16.4. The lowest BCUT2D eigenvalue weighted by Crippen LogP contribution is -2.58. The number of para-hydroxylation sites is 1. The lowest BCUT2D eigenvalue weighted by Gasteiger charge is -2.26. The van der Waals surface area contributed by atoms with E-state index in [1.54, 1.807) is 6.20 Å². The van der Waals surface area contributed by atoms with Crippen LogP contribution in [0.15, 0.2) is 30.5 Å². The Labute approximate surface area is 233 Å². The van der Waals surface area contributed by atoms with Crippen LogP contribution in [0, 0.1) is 5.92 Å². The molecule has 1 aromatic carbocycles. The monoisotopic (exact) mass is 559 g/mol. The van der Waals surface area contributed by atoms with Crippen LogP contribution in [0.3, 0.4) is 0 Å². The normalized spacial score (nSPS) is 14.9. The summed E-state index contributed by atoms with van der Waals surface area (Å²) >= 11 is 0. The second-order valence-electron chi connectivity index (χ2n) is 9.95. The fourth-order valence-corrected chi connectivity index (χ4v) is 4.22. The number of nitrogens with one attached hydrogen (secondary N) is 4. The van der Waals surface area contributed by atoms with Crippen LogP contribution in [0.25, 0.3) is 10.9 Å². The highest BCUT2D eigenvalue weighted by Crippen LogP contribution is 2.19. The third-order valence-electron chi connectivity index (χ3n) is 6.89. The first-order valence-corrected chi connectivity index (χ1v) is 13.4. The van der Waals surface area contributed by atoms with Crippen LogP contribution in [0.1, 0.15) is 51.5 Å². The second kappa shape index (κ2) is 15.6. The zero-order valence-corrected chi connectivity index (χ0v) is 22.9. The third-order valence-corrected chi connectivity index (χ3v) is 6.89. The molecule has 5 atom stereocenters. The predicted octanol–water partition coefficient (Wildman–Crippen LogP) is -0.373. The number of primary amides is 1. The number of nitrogens with two attached hydrogens (primary N) is 3. The minimum Gasteiger partial charge on any atom is -0.480 e. The van der Waals surface area contributed by atoms with E-state index in [0.29, 0.717) is 25.8 Å². The molecule has 0 saturated carbocycles. The van der Waals surface area contributed by atoms with Gasteiger partial charge in [-0.3, -0.25) is 19.2 Å². The Morgan fingerprint density at radius 3 is 2.20 bits per heavy atom. The van der Waals surface area contributed by atoms with E-state index in [0.717, 1.165) is 16.5 Å². The second-order valence-corrected chi connectivity index (χ2v) is 9.95. The summed E-state index contributed by atoms with van der Waals surface area (Å²) in [7, 11) is 0. The van der Waals surface area contributed by atoms with E-state index in [-0.39, 0.29) is 18.8 Å². The van der Waals surface area contributed by atoms with Crippen molar-refractivity contribution in [1.29, 1.82) is 0 Å². The lowest BCUT2D eigenvalue weighted by atomic mass is 9.98. The van der Waals surface area contributed by atoms with E-state index >= 15 is 0 Å². The first-order valence-electron chi connectivity index (χ1n) is 13.4. The van der Waals surface area contributed by atoms with Gasteiger partial charge in [0.2, 0.25) is 23.6 Å². The maximum absolute atomic E-state index is 13.6. The summed E-state index contributed by atoms with van der Waals surface area (Å²) in [6.07, 6.45) is 3.07. The van der Waals surface area contributed by atoms with Crippen LogP contribution >= 0.6 is 0 Å². The van der Waals surface area contributed by atoms with Gasteiger partial charge in [-0.15, -0.1) is 0 Å². The van der Waals surface area contributed by atoms with Crippen LogP contribution in [0.5, 0.6) is 0 Å². The summed E-state index contributed by atoms with van der Waals surface area (Å²) in [4.78, 5) is 65.6. The standard InChI is InChI=1S/C27H41N7O6/c1-3-15(2)23(30)26(38)33-20(12-16-14-31-18-9-5-4-8-17(16)18)25(37)32-19(10-6-7-11-28)24(36)34-21(27(39)40)13-22(29)35/h4-5,8-9,14-15,19-21,23,31H,3,6-7,10-13,28,30H2,1-2H3,(H2,29,35)(H,32,37)(H,33,38)(H,34,36)(H,39,40). The van der Waals surface area contributed by atoms with Crippen LogP contribution < -0.4 is 33.2 Å².